The number of hydrogen-bond donors (Lipinski definition) is 0. The molecular weight excluding hydrogens is 492 g/mol. The highest BCUT2D eigenvalue weighted by molar-refractivity contribution is 9.11. The minimum atomic E-state index is 0.569. The highest BCUT2D eigenvalue weighted by atomic mass is 79.9. The average molecular weight is 499 g/mol. The van der Waals surface area contributed by atoms with Gasteiger partial charge in [-0.1, -0.05) is 24.3 Å². The van der Waals surface area contributed by atoms with Crippen LogP contribution in [0.5, 0.6) is 0 Å². The van der Waals surface area contributed by atoms with Crippen molar-refractivity contribution in [3.05, 3.63) is 56.3 Å². The van der Waals surface area contributed by atoms with E-state index in [0.717, 1.165) is 20.3 Å². The molecule has 0 amide bonds. The third-order valence-electron chi connectivity index (χ3n) is 3.42. The Morgan fingerprint density at radius 2 is 1.68 bits per heavy atom. The van der Waals surface area contributed by atoms with Crippen LogP contribution in [-0.2, 0) is 0 Å². The highest BCUT2D eigenvalue weighted by Crippen LogP contribution is 2.42. The van der Waals surface area contributed by atoms with Crippen LogP contribution in [0, 0.1) is 0 Å². The maximum atomic E-state index is 4.49. The van der Waals surface area contributed by atoms with Crippen molar-refractivity contribution in [2.75, 3.05) is 0 Å². The monoisotopic (exact) mass is 496 g/mol. The van der Waals surface area contributed by atoms with Crippen molar-refractivity contribution >= 4 is 79.3 Å². The third kappa shape index (κ3) is 2.42. The summed E-state index contributed by atoms with van der Waals surface area (Å²) in [5.41, 5.74) is 1.93. The summed E-state index contributed by atoms with van der Waals surface area (Å²) >= 11 is 12.4. The Kier molecular flexibility index (Phi) is 3.80. The fraction of sp³-hybridized carbons (Fsp3) is 0. The van der Waals surface area contributed by atoms with Crippen LogP contribution in [0.1, 0.15) is 0 Å². The molecular formula is C16H7Br3N2S. The topological polar surface area (TPSA) is 25.8 Å². The lowest BCUT2D eigenvalue weighted by Gasteiger charge is -2.06. The molecule has 0 atom stereocenters. The van der Waals surface area contributed by atoms with Gasteiger partial charge < -0.3 is 0 Å². The second kappa shape index (κ2) is 5.67. The van der Waals surface area contributed by atoms with Crippen LogP contribution in [0.15, 0.2) is 56.3 Å². The van der Waals surface area contributed by atoms with Gasteiger partial charge >= 0.3 is 0 Å². The fourth-order valence-corrected chi connectivity index (χ4v) is 5.51. The Morgan fingerprint density at radius 1 is 0.864 bits per heavy atom. The van der Waals surface area contributed by atoms with Crippen LogP contribution in [-0.4, -0.2) is 9.97 Å². The van der Waals surface area contributed by atoms with Gasteiger partial charge in [0.05, 0.1) is 5.69 Å². The van der Waals surface area contributed by atoms with Crippen molar-refractivity contribution in [2.24, 2.45) is 0 Å². The first-order valence-electron chi connectivity index (χ1n) is 6.44. The lowest BCUT2D eigenvalue weighted by Crippen LogP contribution is -1.90. The number of rotatable bonds is 1. The van der Waals surface area contributed by atoms with Crippen LogP contribution in [0.3, 0.4) is 0 Å². The van der Waals surface area contributed by atoms with E-state index >= 15 is 0 Å². The Balaban J connectivity index is 2.07. The van der Waals surface area contributed by atoms with Gasteiger partial charge in [0.2, 0.25) is 0 Å². The number of halogens is 3. The van der Waals surface area contributed by atoms with E-state index in [1.165, 1.54) is 20.2 Å². The van der Waals surface area contributed by atoms with Gasteiger partial charge in [-0.15, -0.1) is 11.3 Å². The zero-order valence-electron chi connectivity index (χ0n) is 11.0. The highest BCUT2D eigenvalue weighted by Gasteiger charge is 2.14. The molecule has 0 radical (unpaired) electrons. The quantitative estimate of drug-likeness (QED) is 0.213. The van der Waals surface area contributed by atoms with Crippen molar-refractivity contribution in [3.63, 3.8) is 0 Å². The number of aromatic nitrogens is 2. The van der Waals surface area contributed by atoms with E-state index < -0.39 is 0 Å². The molecule has 2 aromatic carbocycles. The van der Waals surface area contributed by atoms with Gasteiger partial charge in [-0.3, -0.25) is 0 Å². The van der Waals surface area contributed by atoms with Crippen LogP contribution in [0.2, 0.25) is 0 Å². The zero-order valence-corrected chi connectivity index (χ0v) is 16.6. The minimum absolute atomic E-state index is 0.569. The number of benzene rings is 2. The molecule has 0 unspecified atom stereocenters. The van der Waals surface area contributed by atoms with E-state index in [2.05, 4.69) is 94.2 Å². The third-order valence-corrected chi connectivity index (χ3v) is 6.14. The number of thiophene rings is 1. The van der Waals surface area contributed by atoms with Crippen molar-refractivity contribution < 1.29 is 0 Å². The maximum absolute atomic E-state index is 4.49. The first kappa shape index (κ1) is 14.8. The van der Waals surface area contributed by atoms with Crippen LogP contribution in [0.4, 0.5) is 0 Å². The first-order valence-corrected chi connectivity index (χ1v) is 9.63. The van der Waals surface area contributed by atoms with Gasteiger partial charge in [-0.2, -0.15) is 0 Å². The Morgan fingerprint density at radius 3 is 2.50 bits per heavy atom. The van der Waals surface area contributed by atoms with Crippen molar-refractivity contribution in [1.82, 2.24) is 9.97 Å². The number of fused-ring (bicyclic) bond motifs is 3. The Bertz CT molecular complexity index is 1010. The summed E-state index contributed by atoms with van der Waals surface area (Å²) in [5.74, 6) is 0. The average Bonchev–Trinajstić information content (AvgIpc) is 2.85. The van der Waals surface area contributed by atoms with Crippen molar-refractivity contribution in [2.45, 2.75) is 0 Å². The molecule has 0 N–H and O–H groups in total. The van der Waals surface area contributed by atoms with E-state index in [1.807, 2.05) is 6.07 Å². The number of hydrogen-bond acceptors (Lipinski definition) is 3. The maximum Gasteiger partial charge on any atom is 0.198 e. The minimum Gasteiger partial charge on any atom is -0.222 e. The lowest BCUT2D eigenvalue weighted by atomic mass is 10.1. The number of nitrogens with zero attached hydrogens (tertiary/aromatic N) is 2. The van der Waals surface area contributed by atoms with Gasteiger partial charge in [0.15, 0.2) is 4.73 Å². The van der Waals surface area contributed by atoms with E-state index in [4.69, 9.17) is 0 Å². The second-order valence-corrected chi connectivity index (χ2v) is 8.14. The standard InChI is InChI=1S/C16H7Br3N2S/c17-13-7-10(20-16(19)21-13)8-5-6-12-14(15(8)18)9-3-1-2-4-11(9)22-12/h1-7H. The summed E-state index contributed by atoms with van der Waals surface area (Å²) in [6.45, 7) is 0. The van der Waals surface area contributed by atoms with Crippen LogP contribution in [0.25, 0.3) is 31.4 Å². The molecule has 0 saturated carbocycles. The fourth-order valence-electron chi connectivity index (χ4n) is 2.50. The SMILES string of the molecule is Brc1cc(-c2ccc3sc4ccccc4c3c2Br)nc(Br)n1. The molecule has 0 spiro atoms. The smallest absolute Gasteiger partial charge is 0.198 e. The summed E-state index contributed by atoms with van der Waals surface area (Å²) in [5, 5.41) is 2.51. The summed E-state index contributed by atoms with van der Waals surface area (Å²) in [6.07, 6.45) is 0. The van der Waals surface area contributed by atoms with Gasteiger partial charge in [0.1, 0.15) is 4.60 Å². The molecule has 6 heteroatoms. The Labute approximate surface area is 156 Å². The van der Waals surface area contributed by atoms with Crippen molar-refractivity contribution in [1.29, 1.82) is 0 Å². The summed E-state index contributed by atoms with van der Waals surface area (Å²) in [7, 11) is 0. The summed E-state index contributed by atoms with van der Waals surface area (Å²) in [6, 6.07) is 14.6. The molecule has 2 heterocycles. The molecule has 2 aromatic heterocycles. The normalized spacial score (nSPS) is 11.4. The van der Waals surface area contributed by atoms with Gasteiger partial charge in [-0.25, -0.2) is 9.97 Å². The van der Waals surface area contributed by atoms with Gasteiger partial charge in [0.25, 0.3) is 0 Å². The Hall–Kier alpha value is -0.820. The molecule has 0 bridgehead atoms. The molecule has 0 fully saturated rings. The molecule has 108 valence electrons. The summed E-state index contributed by atoms with van der Waals surface area (Å²) in [4.78, 5) is 8.69. The molecule has 4 aromatic rings. The predicted octanol–water partition coefficient (Wildman–Crippen LogP) is 6.80. The molecule has 4 rings (SSSR count). The molecule has 22 heavy (non-hydrogen) atoms. The predicted molar refractivity (Wildman–Crippen MR) is 103 cm³/mol. The molecule has 0 aliphatic heterocycles. The van der Waals surface area contributed by atoms with E-state index in [1.54, 1.807) is 11.3 Å². The van der Waals surface area contributed by atoms with Crippen LogP contribution >= 0.6 is 59.1 Å². The first-order chi connectivity index (χ1) is 10.6. The van der Waals surface area contributed by atoms with Gasteiger partial charge in [0, 0.05) is 30.2 Å². The second-order valence-electron chi connectivity index (χ2n) is 4.74. The molecule has 2 nitrogen and oxygen atoms in total. The van der Waals surface area contributed by atoms with E-state index in [9.17, 15) is 0 Å². The van der Waals surface area contributed by atoms with Crippen molar-refractivity contribution in [3.8, 4) is 11.3 Å². The molecule has 0 aliphatic carbocycles. The van der Waals surface area contributed by atoms with Crippen LogP contribution < -0.4 is 0 Å². The summed E-state index contributed by atoms with van der Waals surface area (Å²) < 4.78 is 4.95. The molecule has 0 aliphatic rings. The largest absolute Gasteiger partial charge is 0.222 e. The zero-order chi connectivity index (χ0) is 15.3. The van der Waals surface area contributed by atoms with Gasteiger partial charge in [-0.05, 0) is 66.0 Å². The lowest BCUT2D eigenvalue weighted by molar-refractivity contribution is 1.09. The van der Waals surface area contributed by atoms with E-state index in [0.29, 0.717) is 4.73 Å². The molecule has 0 saturated heterocycles. The van der Waals surface area contributed by atoms with E-state index in [-0.39, 0.29) is 0 Å².